The van der Waals surface area contributed by atoms with Gasteiger partial charge in [0.2, 0.25) is 5.13 Å². The number of hydrogen-bond donors (Lipinski definition) is 1. The van der Waals surface area contributed by atoms with Crippen LogP contribution in [0.25, 0.3) is 0 Å². The van der Waals surface area contributed by atoms with Crippen molar-refractivity contribution in [1.29, 1.82) is 0 Å². The van der Waals surface area contributed by atoms with E-state index >= 15 is 0 Å². The molecule has 0 atom stereocenters. The normalized spacial score (nSPS) is 10.8. The number of thioether (sulfide) groups is 1. The molecule has 116 valence electrons. The number of nitrogens with zero attached hydrogens (tertiary/aromatic N) is 2. The molecule has 0 fully saturated rings. The highest BCUT2D eigenvalue weighted by molar-refractivity contribution is 7.98. The molecule has 7 heteroatoms. The van der Waals surface area contributed by atoms with Crippen molar-refractivity contribution in [3.05, 3.63) is 40.9 Å². The third-order valence-electron chi connectivity index (χ3n) is 2.67. The zero-order chi connectivity index (χ0) is 15.8. The highest BCUT2D eigenvalue weighted by atomic mass is 32.2. The van der Waals surface area contributed by atoms with Crippen LogP contribution in [0.2, 0.25) is 0 Å². The summed E-state index contributed by atoms with van der Waals surface area (Å²) in [5.41, 5.74) is 4.56. The molecule has 1 heterocycles. The van der Waals surface area contributed by atoms with Gasteiger partial charge >= 0.3 is 5.97 Å². The Balaban J connectivity index is 1.87. The predicted octanol–water partition coefficient (Wildman–Crippen LogP) is 3.42. The molecule has 0 saturated carbocycles. The van der Waals surface area contributed by atoms with Gasteiger partial charge in [0, 0.05) is 10.3 Å². The second-order valence-corrected chi connectivity index (χ2v) is 6.01. The second-order valence-electron chi connectivity index (χ2n) is 4.27. The molecule has 0 amide bonds. The van der Waals surface area contributed by atoms with Crippen LogP contribution in [0.5, 0.6) is 0 Å². The number of esters is 1. The molecule has 0 unspecified atom stereocenters. The number of ether oxygens (including phenoxy) is 1. The van der Waals surface area contributed by atoms with Gasteiger partial charge in [-0.25, -0.2) is 4.98 Å². The van der Waals surface area contributed by atoms with Crippen molar-refractivity contribution in [2.45, 2.75) is 18.2 Å². The third-order valence-corrected chi connectivity index (χ3v) is 4.21. The number of hydrogen-bond acceptors (Lipinski definition) is 7. The van der Waals surface area contributed by atoms with E-state index in [0.29, 0.717) is 17.4 Å². The zero-order valence-electron chi connectivity index (χ0n) is 12.4. The molecule has 0 spiro atoms. The van der Waals surface area contributed by atoms with Crippen LogP contribution in [0.1, 0.15) is 18.2 Å². The van der Waals surface area contributed by atoms with E-state index < -0.39 is 0 Å². The van der Waals surface area contributed by atoms with Crippen molar-refractivity contribution in [2.24, 2.45) is 5.10 Å². The van der Waals surface area contributed by atoms with Crippen molar-refractivity contribution < 1.29 is 9.53 Å². The molecule has 0 radical (unpaired) electrons. The monoisotopic (exact) mass is 335 g/mol. The van der Waals surface area contributed by atoms with Gasteiger partial charge in [-0.2, -0.15) is 5.10 Å². The number of anilines is 1. The molecule has 0 aliphatic carbocycles. The standard InChI is InChI=1S/C15H17N3O2S2/c1-3-20-14(19)8-12-10-22-15(17-12)18-16-9-11-4-6-13(21-2)7-5-11/h4-7,9-10H,3,8H2,1-2H3,(H,17,18). The number of rotatable bonds is 7. The highest BCUT2D eigenvalue weighted by Crippen LogP contribution is 2.16. The molecule has 0 bridgehead atoms. The number of thiazole rings is 1. The summed E-state index contributed by atoms with van der Waals surface area (Å²) in [5.74, 6) is -0.267. The molecule has 0 aliphatic rings. The molecule has 0 aliphatic heterocycles. The van der Waals surface area contributed by atoms with Crippen LogP contribution in [0.15, 0.2) is 39.6 Å². The lowest BCUT2D eigenvalue weighted by atomic mass is 10.2. The van der Waals surface area contributed by atoms with E-state index in [1.807, 2.05) is 35.9 Å². The fraction of sp³-hybridized carbons (Fsp3) is 0.267. The number of carbonyl (C=O) groups excluding carboxylic acids is 1. The molecule has 1 aromatic carbocycles. The first-order valence-corrected chi connectivity index (χ1v) is 8.85. The maximum absolute atomic E-state index is 11.4. The van der Waals surface area contributed by atoms with Gasteiger partial charge in [0.15, 0.2) is 0 Å². The minimum absolute atomic E-state index is 0.186. The van der Waals surface area contributed by atoms with Crippen molar-refractivity contribution in [3.8, 4) is 0 Å². The summed E-state index contributed by atoms with van der Waals surface area (Å²) in [4.78, 5) is 16.9. The number of nitrogens with one attached hydrogen (secondary N) is 1. The highest BCUT2D eigenvalue weighted by Gasteiger charge is 2.07. The number of hydrazone groups is 1. The summed E-state index contributed by atoms with van der Waals surface area (Å²) in [5, 5.41) is 6.62. The average molecular weight is 335 g/mol. The molecule has 2 aromatic rings. The largest absolute Gasteiger partial charge is 0.466 e. The van der Waals surface area contributed by atoms with Crippen LogP contribution in [0.3, 0.4) is 0 Å². The average Bonchev–Trinajstić information content (AvgIpc) is 2.95. The quantitative estimate of drug-likeness (QED) is 0.363. The van der Waals surface area contributed by atoms with Crippen LogP contribution in [-0.4, -0.2) is 30.0 Å². The molecule has 22 heavy (non-hydrogen) atoms. The fourth-order valence-corrected chi connectivity index (χ4v) is 2.72. The summed E-state index contributed by atoms with van der Waals surface area (Å²) >= 11 is 3.11. The van der Waals surface area contributed by atoms with Crippen molar-refractivity contribution >= 4 is 40.4 Å². The second kappa shape index (κ2) is 8.55. The molecule has 1 aromatic heterocycles. The lowest BCUT2D eigenvalue weighted by Crippen LogP contribution is -2.07. The van der Waals surface area contributed by atoms with E-state index in [1.54, 1.807) is 24.9 Å². The van der Waals surface area contributed by atoms with Gasteiger partial charge in [0.05, 0.1) is 24.9 Å². The Kier molecular flexibility index (Phi) is 6.42. The van der Waals surface area contributed by atoms with Crippen LogP contribution in [0, 0.1) is 0 Å². The van der Waals surface area contributed by atoms with Crippen molar-refractivity contribution in [1.82, 2.24) is 4.98 Å². The maximum atomic E-state index is 11.4. The smallest absolute Gasteiger partial charge is 0.311 e. The van der Waals surface area contributed by atoms with E-state index in [9.17, 15) is 4.79 Å². The topological polar surface area (TPSA) is 63.6 Å². The molecule has 1 N–H and O–H groups in total. The summed E-state index contributed by atoms with van der Waals surface area (Å²) in [6, 6.07) is 8.11. The summed E-state index contributed by atoms with van der Waals surface area (Å²) in [7, 11) is 0. The SMILES string of the molecule is CCOC(=O)Cc1csc(NN=Cc2ccc(SC)cc2)n1. The minimum atomic E-state index is -0.267. The van der Waals surface area contributed by atoms with Crippen molar-refractivity contribution in [3.63, 3.8) is 0 Å². The predicted molar refractivity (Wildman–Crippen MR) is 91.9 cm³/mol. The number of carbonyl (C=O) groups is 1. The Hall–Kier alpha value is -1.86. The van der Waals surface area contributed by atoms with E-state index in [2.05, 4.69) is 15.5 Å². The number of benzene rings is 1. The number of aromatic nitrogens is 1. The Morgan fingerprint density at radius 3 is 2.91 bits per heavy atom. The minimum Gasteiger partial charge on any atom is -0.466 e. The molecule has 5 nitrogen and oxygen atoms in total. The van der Waals surface area contributed by atoms with Crippen LogP contribution in [-0.2, 0) is 16.0 Å². The van der Waals surface area contributed by atoms with Gasteiger partial charge in [-0.05, 0) is 30.9 Å². The van der Waals surface area contributed by atoms with Crippen LogP contribution >= 0.6 is 23.1 Å². The molecular formula is C15H17N3O2S2. The summed E-state index contributed by atoms with van der Waals surface area (Å²) < 4.78 is 4.89. The first-order chi connectivity index (χ1) is 10.7. The van der Waals surface area contributed by atoms with Crippen molar-refractivity contribution in [2.75, 3.05) is 18.3 Å². The van der Waals surface area contributed by atoms with Gasteiger partial charge in [-0.15, -0.1) is 23.1 Å². The Morgan fingerprint density at radius 1 is 1.45 bits per heavy atom. The van der Waals surface area contributed by atoms with E-state index in [-0.39, 0.29) is 12.4 Å². The van der Waals surface area contributed by atoms with Gasteiger partial charge in [-0.1, -0.05) is 12.1 Å². The Morgan fingerprint density at radius 2 is 2.23 bits per heavy atom. The van der Waals surface area contributed by atoms with Gasteiger partial charge < -0.3 is 4.74 Å². The fourth-order valence-electron chi connectivity index (χ4n) is 1.65. The summed E-state index contributed by atoms with van der Waals surface area (Å²) in [6.45, 7) is 2.17. The van der Waals surface area contributed by atoms with E-state index in [1.165, 1.54) is 16.2 Å². The Labute approximate surface area is 137 Å². The third kappa shape index (κ3) is 5.16. The summed E-state index contributed by atoms with van der Waals surface area (Å²) in [6.07, 6.45) is 3.96. The maximum Gasteiger partial charge on any atom is 0.311 e. The molecule has 0 saturated heterocycles. The van der Waals surface area contributed by atoms with Crippen LogP contribution in [0.4, 0.5) is 5.13 Å². The van der Waals surface area contributed by atoms with Gasteiger partial charge in [0.25, 0.3) is 0 Å². The van der Waals surface area contributed by atoms with Gasteiger partial charge in [0.1, 0.15) is 0 Å². The first kappa shape index (κ1) is 16.5. The lowest BCUT2D eigenvalue weighted by molar-refractivity contribution is -0.142. The Bertz CT molecular complexity index is 638. The van der Waals surface area contributed by atoms with Gasteiger partial charge in [-0.3, -0.25) is 10.2 Å². The van der Waals surface area contributed by atoms with E-state index in [0.717, 1.165) is 5.56 Å². The first-order valence-electron chi connectivity index (χ1n) is 6.74. The molecular weight excluding hydrogens is 318 g/mol. The lowest BCUT2D eigenvalue weighted by Gasteiger charge is -1.98. The molecule has 2 rings (SSSR count). The van der Waals surface area contributed by atoms with Crippen LogP contribution < -0.4 is 5.43 Å². The van der Waals surface area contributed by atoms with E-state index in [4.69, 9.17) is 4.74 Å². The zero-order valence-corrected chi connectivity index (χ0v) is 14.0.